The van der Waals surface area contributed by atoms with E-state index >= 15 is 0 Å². The van der Waals surface area contributed by atoms with Gasteiger partial charge in [-0.05, 0) is 0 Å². The molecular formula is C9H18O2Sn. The number of hydrogen-bond donors (Lipinski definition) is 0. The molecule has 0 aromatic rings. The quantitative estimate of drug-likeness (QED) is 0.571. The van der Waals surface area contributed by atoms with Crippen LogP contribution in [0, 0.1) is 5.41 Å². The average Bonchev–Trinajstić information content (AvgIpc) is 2.61. The summed E-state index contributed by atoms with van der Waals surface area (Å²) in [7, 11) is 1.49. The van der Waals surface area contributed by atoms with Crippen LogP contribution in [0.15, 0.2) is 0 Å². The van der Waals surface area contributed by atoms with Crippen molar-refractivity contribution in [1.82, 2.24) is 0 Å². The first-order valence-electron chi connectivity index (χ1n) is 4.41. The number of hydrogen-bond acceptors (Lipinski definition) is 2. The second-order valence-electron chi connectivity index (χ2n) is 5.03. The van der Waals surface area contributed by atoms with Gasteiger partial charge >= 0.3 is 78.5 Å². The second kappa shape index (κ2) is 2.89. The SMILES string of the molecule is COC(=O)[C@]1(C)C[C@H]1[Sn]([CH3])([CH3])[CH3]. The van der Waals surface area contributed by atoms with E-state index in [4.69, 9.17) is 4.74 Å². The van der Waals surface area contributed by atoms with Crippen LogP contribution >= 0.6 is 0 Å². The predicted octanol–water partition coefficient (Wildman–Crippen LogP) is 2.28. The molecule has 1 aliphatic rings. The van der Waals surface area contributed by atoms with E-state index in [0.29, 0.717) is 3.93 Å². The minimum absolute atomic E-state index is 0.000810. The third kappa shape index (κ3) is 1.63. The molecule has 0 N–H and O–H groups in total. The van der Waals surface area contributed by atoms with E-state index in [1.165, 1.54) is 7.11 Å². The van der Waals surface area contributed by atoms with Crippen LogP contribution in [-0.4, -0.2) is 31.5 Å². The van der Waals surface area contributed by atoms with Crippen molar-refractivity contribution < 1.29 is 9.53 Å². The minimum atomic E-state index is -1.84. The molecule has 0 aromatic carbocycles. The van der Waals surface area contributed by atoms with E-state index in [0.717, 1.165) is 6.42 Å². The first-order valence-corrected chi connectivity index (χ1v) is 14.6. The molecule has 0 aliphatic heterocycles. The number of methoxy groups -OCH3 is 1. The van der Waals surface area contributed by atoms with Gasteiger partial charge in [0.1, 0.15) is 0 Å². The van der Waals surface area contributed by atoms with Gasteiger partial charge in [-0.3, -0.25) is 0 Å². The summed E-state index contributed by atoms with van der Waals surface area (Å²) in [6.45, 7) is 2.05. The van der Waals surface area contributed by atoms with Crippen molar-refractivity contribution in [2.75, 3.05) is 7.11 Å². The Hall–Kier alpha value is 0.269. The number of carbonyl (C=O) groups excluding carboxylic acids is 1. The molecular weight excluding hydrogens is 259 g/mol. The number of carbonyl (C=O) groups is 1. The molecule has 0 heterocycles. The first-order chi connectivity index (χ1) is 5.32. The molecule has 0 unspecified atom stereocenters. The Labute approximate surface area is 78.5 Å². The topological polar surface area (TPSA) is 26.3 Å². The van der Waals surface area contributed by atoms with Gasteiger partial charge in [0.25, 0.3) is 0 Å². The summed E-state index contributed by atoms with van der Waals surface area (Å²) in [5.41, 5.74) is -0.108. The van der Waals surface area contributed by atoms with Gasteiger partial charge in [0.2, 0.25) is 0 Å². The zero-order chi connectivity index (χ0) is 9.57. The molecule has 0 radical (unpaired) electrons. The van der Waals surface area contributed by atoms with E-state index in [9.17, 15) is 4.79 Å². The summed E-state index contributed by atoms with van der Waals surface area (Å²) in [6, 6.07) is 0. The Balaban J connectivity index is 2.66. The number of ether oxygens (including phenoxy) is 1. The zero-order valence-corrected chi connectivity index (χ0v) is 11.5. The van der Waals surface area contributed by atoms with E-state index in [-0.39, 0.29) is 11.4 Å². The van der Waals surface area contributed by atoms with Gasteiger partial charge in [0.15, 0.2) is 0 Å². The molecule has 0 aromatic heterocycles. The Morgan fingerprint density at radius 3 is 2.25 bits per heavy atom. The van der Waals surface area contributed by atoms with E-state index in [1.54, 1.807) is 0 Å². The van der Waals surface area contributed by atoms with Crippen LogP contribution in [0.1, 0.15) is 13.3 Å². The molecule has 2 atom stereocenters. The van der Waals surface area contributed by atoms with E-state index < -0.39 is 18.4 Å². The van der Waals surface area contributed by atoms with Crippen molar-refractivity contribution >= 4 is 24.3 Å². The van der Waals surface area contributed by atoms with Crippen LogP contribution in [0.3, 0.4) is 0 Å². The van der Waals surface area contributed by atoms with Crippen molar-refractivity contribution in [2.24, 2.45) is 5.41 Å². The van der Waals surface area contributed by atoms with Gasteiger partial charge in [-0.1, -0.05) is 0 Å². The van der Waals surface area contributed by atoms with Crippen LogP contribution in [-0.2, 0) is 9.53 Å². The fourth-order valence-electron chi connectivity index (χ4n) is 2.09. The summed E-state index contributed by atoms with van der Waals surface area (Å²) in [6.07, 6.45) is 1.07. The zero-order valence-electron chi connectivity index (χ0n) is 8.60. The Bertz CT molecular complexity index is 207. The predicted molar refractivity (Wildman–Crippen MR) is 51.8 cm³/mol. The fraction of sp³-hybridized carbons (Fsp3) is 0.889. The number of esters is 1. The molecule has 70 valence electrons. The summed E-state index contributed by atoms with van der Waals surface area (Å²) in [5, 5.41) is 0. The molecule has 1 saturated carbocycles. The van der Waals surface area contributed by atoms with Gasteiger partial charge < -0.3 is 0 Å². The Morgan fingerprint density at radius 2 is 2.00 bits per heavy atom. The van der Waals surface area contributed by atoms with Crippen LogP contribution in [0.25, 0.3) is 0 Å². The van der Waals surface area contributed by atoms with Gasteiger partial charge in [-0.2, -0.15) is 0 Å². The molecule has 0 bridgehead atoms. The molecule has 1 rings (SSSR count). The van der Waals surface area contributed by atoms with Crippen LogP contribution in [0.5, 0.6) is 0 Å². The van der Waals surface area contributed by atoms with E-state index in [2.05, 4.69) is 14.8 Å². The Kier molecular flexibility index (Phi) is 2.49. The second-order valence-corrected chi connectivity index (χ2v) is 20.5. The summed E-state index contributed by atoms with van der Waals surface area (Å²) >= 11 is -1.84. The molecule has 2 nitrogen and oxygen atoms in total. The summed E-state index contributed by atoms with van der Waals surface area (Å²) in [4.78, 5) is 18.5. The van der Waals surface area contributed by atoms with Gasteiger partial charge in [-0.25, -0.2) is 0 Å². The third-order valence-electron chi connectivity index (χ3n) is 2.93. The van der Waals surface area contributed by atoms with Crippen molar-refractivity contribution in [3.05, 3.63) is 0 Å². The molecule has 12 heavy (non-hydrogen) atoms. The monoisotopic (exact) mass is 278 g/mol. The van der Waals surface area contributed by atoms with Crippen molar-refractivity contribution in [3.8, 4) is 0 Å². The van der Waals surface area contributed by atoms with Crippen molar-refractivity contribution in [3.63, 3.8) is 0 Å². The summed E-state index contributed by atoms with van der Waals surface area (Å²) < 4.78 is 5.49. The number of rotatable bonds is 2. The standard InChI is InChI=1S/C6H9O2.3CH3.Sn/c1-6(3-4-6)5(7)8-2;;;;/h3H,4H2,1-2H3;3*1H3;/t6-;;;;/m0..../s1. The molecule has 1 fully saturated rings. The first kappa shape index (κ1) is 10.4. The van der Waals surface area contributed by atoms with Gasteiger partial charge in [0, 0.05) is 0 Å². The maximum absolute atomic E-state index is 11.4. The Morgan fingerprint density at radius 1 is 1.50 bits per heavy atom. The van der Waals surface area contributed by atoms with Crippen LogP contribution < -0.4 is 0 Å². The molecule has 0 saturated heterocycles. The van der Waals surface area contributed by atoms with Crippen molar-refractivity contribution in [1.29, 1.82) is 0 Å². The van der Waals surface area contributed by atoms with E-state index in [1.807, 2.05) is 6.92 Å². The summed E-state index contributed by atoms with van der Waals surface area (Å²) in [5.74, 6) is -0.000810. The van der Waals surface area contributed by atoms with Crippen molar-refractivity contribution in [2.45, 2.75) is 32.1 Å². The van der Waals surface area contributed by atoms with Gasteiger partial charge in [-0.15, -0.1) is 0 Å². The average molecular weight is 277 g/mol. The molecule has 0 amide bonds. The molecule has 0 spiro atoms. The fourth-order valence-corrected chi connectivity index (χ4v) is 10.8. The van der Waals surface area contributed by atoms with Gasteiger partial charge in [0.05, 0.1) is 0 Å². The third-order valence-corrected chi connectivity index (χ3v) is 11.3. The van der Waals surface area contributed by atoms with Crippen LogP contribution in [0.2, 0.25) is 18.8 Å². The van der Waals surface area contributed by atoms with Crippen LogP contribution in [0.4, 0.5) is 0 Å². The normalized spacial score (nSPS) is 34.6. The molecule has 1 aliphatic carbocycles. The molecule has 3 heteroatoms. The maximum atomic E-state index is 11.4.